The van der Waals surface area contributed by atoms with Crippen LogP contribution < -0.4 is 0 Å². The predicted octanol–water partition coefficient (Wildman–Crippen LogP) is 1.95. The van der Waals surface area contributed by atoms with Gasteiger partial charge in [-0.15, -0.1) is 15.3 Å². The Bertz CT molecular complexity index is 722. The largest absolute Gasteiger partial charge is 0.425 e. The second-order valence-electron chi connectivity index (χ2n) is 4.16. The van der Waals surface area contributed by atoms with E-state index in [2.05, 4.69) is 25.7 Å². The molecule has 1 aromatic carbocycles. The Morgan fingerprint density at radius 1 is 1.15 bits per heavy atom. The molecule has 2 aromatic heterocycles. The number of tetrazole rings is 1. The molecule has 0 aliphatic carbocycles. The van der Waals surface area contributed by atoms with Crippen LogP contribution in [-0.4, -0.2) is 30.4 Å². The second kappa shape index (κ2) is 5.41. The maximum Gasteiger partial charge on any atom is 0.226 e. The minimum absolute atomic E-state index is 0.535. The van der Waals surface area contributed by atoms with E-state index in [0.29, 0.717) is 22.7 Å². The van der Waals surface area contributed by atoms with Crippen LogP contribution >= 0.6 is 11.8 Å². The molecular weight excluding hydrogens is 276 g/mol. The molecule has 0 unspecified atom stereocenters. The Kier molecular flexibility index (Phi) is 3.46. The smallest absolute Gasteiger partial charge is 0.226 e. The lowest BCUT2D eigenvalue weighted by molar-refractivity contribution is 0.485. The van der Waals surface area contributed by atoms with Gasteiger partial charge in [-0.25, -0.2) is 0 Å². The molecule has 0 N–H and O–H groups in total. The fourth-order valence-corrected chi connectivity index (χ4v) is 2.46. The predicted molar refractivity (Wildman–Crippen MR) is 72.5 cm³/mol. The number of para-hydroxylation sites is 1. The van der Waals surface area contributed by atoms with E-state index in [4.69, 9.17) is 4.42 Å². The Balaban J connectivity index is 1.82. The molecule has 0 radical (unpaired) electrons. The molecule has 2 heterocycles. The number of hydrogen-bond acceptors (Lipinski definition) is 7. The molecule has 0 bridgehead atoms. The summed E-state index contributed by atoms with van der Waals surface area (Å²) in [4.78, 5) is 0. The van der Waals surface area contributed by atoms with E-state index in [0.717, 1.165) is 11.3 Å². The van der Waals surface area contributed by atoms with E-state index in [1.54, 1.807) is 11.6 Å². The SMILES string of the molecule is Cc1nnc(CSc2nnnn2-c2ccccc2C)o1. The fraction of sp³-hybridized carbons (Fsp3) is 0.250. The van der Waals surface area contributed by atoms with E-state index in [9.17, 15) is 0 Å². The van der Waals surface area contributed by atoms with Gasteiger partial charge in [0.15, 0.2) is 0 Å². The maximum absolute atomic E-state index is 5.33. The number of nitrogens with zero attached hydrogens (tertiary/aromatic N) is 6. The minimum Gasteiger partial charge on any atom is -0.425 e. The van der Waals surface area contributed by atoms with Gasteiger partial charge < -0.3 is 4.42 Å². The Hall–Kier alpha value is -2.22. The molecule has 20 heavy (non-hydrogen) atoms. The summed E-state index contributed by atoms with van der Waals surface area (Å²) in [6.07, 6.45) is 0. The Morgan fingerprint density at radius 2 is 2.00 bits per heavy atom. The van der Waals surface area contributed by atoms with Crippen LogP contribution in [0.4, 0.5) is 0 Å². The van der Waals surface area contributed by atoms with E-state index >= 15 is 0 Å². The molecule has 0 spiro atoms. The molecule has 102 valence electrons. The first-order valence-electron chi connectivity index (χ1n) is 6.00. The molecule has 3 rings (SSSR count). The van der Waals surface area contributed by atoms with Crippen molar-refractivity contribution < 1.29 is 4.42 Å². The summed E-state index contributed by atoms with van der Waals surface area (Å²) in [5.74, 6) is 1.65. The highest BCUT2D eigenvalue weighted by Gasteiger charge is 2.12. The van der Waals surface area contributed by atoms with Crippen molar-refractivity contribution in [2.45, 2.75) is 24.8 Å². The third-order valence-electron chi connectivity index (χ3n) is 2.68. The molecule has 0 saturated carbocycles. The van der Waals surface area contributed by atoms with Crippen LogP contribution in [0, 0.1) is 13.8 Å². The molecule has 0 saturated heterocycles. The third kappa shape index (κ3) is 2.55. The monoisotopic (exact) mass is 288 g/mol. The molecule has 7 nitrogen and oxygen atoms in total. The molecular formula is C12H12N6OS. The first kappa shape index (κ1) is 12.8. The van der Waals surface area contributed by atoms with Crippen LogP contribution in [0.5, 0.6) is 0 Å². The molecule has 0 fully saturated rings. The van der Waals surface area contributed by atoms with Crippen molar-refractivity contribution in [3.63, 3.8) is 0 Å². The number of aromatic nitrogens is 6. The van der Waals surface area contributed by atoms with Crippen molar-refractivity contribution in [1.82, 2.24) is 30.4 Å². The van der Waals surface area contributed by atoms with Gasteiger partial charge in [0, 0.05) is 6.92 Å². The Labute approximate surface area is 119 Å². The van der Waals surface area contributed by atoms with Gasteiger partial charge in [0.1, 0.15) is 0 Å². The zero-order chi connectivity index (χ0) is 13.9. The number of benzene rings is 1. The highest BCUT2D eigenvalue weighted by atomic mass is 32.2. The summed E-state index contributed by atoms with van der Waals surface area (Å²) in [6.45, 7) is 3.78. The number of hydrogen-bond donors (Lipinski definition) is 0. The fourth-order valence-electron chi connectivity index (χ4n) is 1.74. The second-order valence-corrected chi connectivity index (χ2v) is 5.11. The molecule has 8 heteroatoms. The van der Waals surface area contributed by atoms with Crippen LogP contribution in [0.25, 0.3) is 5.69 Å². The van der Waals surface area contributed by atoms with Crippen molar-refractivity contribution in [3.8, 4) is 5.69 Å². The quantitative estimate of drug-likeness (QED) is 0.678. The summed E-state index contributed by atoms with van der Waals surface area (Å²) in [5.41, 5.74) is 2.07. The van der Waals surface area contributed by atoms with Gasteiger partial charge in [-0.3, -0.25) is 0 Å². The van der Waals surface area contributed by atoms with E-state index in [1.165, 1.54) is 11.8 Å². The average molecular weight is 288 g/mol. The summed E-state index contributed by atoms with van der Waals surface area (Å²) < 4.78 is 7.04. The van der Waals surface area contributed by atoms with Crippen molar-refractivity contribution in [2.24, 2.45) is 0 Å². The van der Waals surface area contributed by atoms with Gasteiger partial charge in [0.2, 0.25) is 16.9 Å². The highest BCUT2D eigenvalue weighted by molar-refractivity contribution is 7.98. The lowest BCUT2D eigenvalue weighted by atomic mass is 10.2. The molecule has 0 aliphatic heterocycles. The normalized spacial score (nSPS) is 10.9. The highest BCUT2D eigenvalue weighted by Crippen LogP contribution is 2.23. The lowest BCUT2D eigenvalue weighted by Crippen LogP contribution is -2.01. The van der Waals surface area contributed by atoms with Gasteiger partial charge in [0.25, 0.3) is 0 Å². The zero-order valence-corrected chi connectivity index (χ0v) is 11.8. The maximum atomic E-state index is 5.33. The van der Waals surface area contributed by atoms with Gasteiger partial charge in [0.05, 0.1) is 11.4 Å². The van der Waals surface area contributed by atoms with Gasteiger partial charge in [-0.2, -0.15) is 4.68 Å². The van der Waals surface area contributed by atoms with E-state index in [-0.39, 0.29) is 0 Å². The minimum atomic E-state index is 0.535. The number of rotatable bonds is 4. The summed E-state index contributed by atoms with van der Waals surface area (Å²) in [5, 5.41) is 20.2. The molecule has 0 amide bonds. The lowest BCUT2D eigenvalue weighted by Gasteiger charge is -2.06. The van der Waals surface area contributed by atoms with Crippen LogP contribution in [0.15, 0.2) is 33.8 Å². The van der Waals surface area contributed by atoms with Crippen molar-refractivity contribution >= 4 is 11.8 Å². The van der Waals surface area contributed by atoms with Gasteiger partial charge in [-0.1, -0.05) is 30.0 Å². The van der Waals surface area contributed by atoms with Gasteiger partial charge >= 0.3 is 0 Å². The van der Waals surface area contributed by atoms with Crippen molar-refractivity contribution in [3.05, 3.63) is 41.6 Å². The molecule has 0 atom stereocenters. The first-order chi connectivity index (χ1) is 9.74. The van der Waals surface area contributed by atoms with Crippen LogP contribution in [-0.2, 0) is 5.75 Å². The zero-order valence-electron chi connectivity index (χ0n) is 11.0. The summed E-state index contributed by atoms with van der Waals surface area (Å²) >= 11 is 1.45. The van der Waals surface area contributed by atoms with Crippen molar-refractivity contribution in [2.75, 3.05) is 0 Å². The molecule has 3 aromatic rings. The standard InChI is InChI=1S/C12H12N6OS/c1-8-5-3-4-6-10(8)18-12(15-16-17-18)20-7-11-14-13-9(2)19-11/h3-6H,7H2,1-2H3. The molecule has 0 aliphatic rings. The average Bonchev–Trinajstić information content (AvgIpc) is 3.06. The summed E-state index contributed by atoms with van der Waals surface area (Å²) in [7, 11) is 0. The number of thioether (sulfide) groups is 1. The van der Waals surface area contributed by atoms with Crippen LogP contribution in [0.3, 0.4) is 0 Å². The third-order valence-corrected chi connectivity index (χ3v) is 3.58. The first-order valence-corrected chi connectivity index (χ1v) is 6.99. The van der Waals surface area contributed by atoms with E-state index < -0.39 is 0 Å². The van der Waals surface area contributed by atoms with Crippen molar-refractivity contribution in [1.29, 1.82) is 0 Å². The van der Waals surface area contributed by atoms with Gasteiger partial charge in [-0.05, 0) is 29.0 Å². The summed E-state index contributed by atoms with van der Waals surface area (Å²) in [6, 6.07) is 7.94. The topological polar surface area (TPSA) is 82.5 Å². The van der Waals surface area contributed by atoms with Crippen LogP contribution in [0.2, 0.25) is 0 Å². The van der Waals surface area contributed by atoms with Crippen LogP contribution in [0.1, 0.15) is 17.3 Å². The van der Waals surface area contributed by atoms with E-state index in [1.807, 2.05) is 31.2 Å². The Morgan fingerprint density at radius 3 is 2.75 bits per heavy atom. The number of aryl methyl sites for hydroxylation is 2.